The molecule has 0 unspecified atom stereocenters. The Hall–Kier alpha value is -3.45. The molecule has 170 valence electrons. The fraction of sp³-hybridized carbons (Fsp3) is 0.346. The second-order valence-electron chi connectivity index (χ2n) is 9.08. The van der Waals surface area contributed by atoms with Crippen LogP contribution in [0.15, 0.2) is 51.9 Å². The Morgan fingerprint density at radius 1 is 1.15 bits per heavy atom. The Morgan fingerprint density at radius 2 is 1.91 bits per heavy atom. The number of hydrogen-bond donors (Lipinski definition) is 0. The van der Waals surface area contributed by atoms with Gasteiger partial charge in [-0.25, -0.2) is 9.79 Å². The van der Waals surface area contributed by atoms with E-state index in [0.29, 0.717) is 36.6 Å². The van der Waals surface area contributed by atoms with Gasteiger partial charge >= 0.3 is 6.03 Å². The Bertz CT molecular complexity index is 1250. The maximum atomic E-state index is 13.4. The van der Waals surface area contributed by atoms with Gasteiger partial charge in [-0.1, -0.05) is 18.2 Å². The zero-order valence-electron chi connectivity index (χ0n) is 19.0. The summed E-state index contributed by atoms with van der Waals surface area (Å²) in [4.78, 5) is 32.4. The van der Waals surface area contributed by atoms with Crippen LogP contribution in [0.4, 0.5) is 4.79 Å². The van der Waals surface area contributed by atoms with Gasteiger partial charge in [-0.15, -0.1) is 0 Å². The second-order valence-corrected chi connectivity index (χ2v) is 9.08. The summed E-state index contributed by atoms with van der Waals surface area (Å²) in [7, 11) is 0. The summed E-state index contributed by atoms with van der Waals surface area (Å²) in [6.07, 6.45) is 0. The molecule has 2 aromatic carbocycles. The quantitative estimate of drug-likeness (QED) is 0.565. The first-order chi connectivity index (χ1) is 15.9. The number of carbonyl (C=O) groups is 2. The van der Waals surface area contributed by atoms with Gasteiger partial charge in [0.25, 0.3) is 0 Å². The van der Waals surface area contributed by atoms with E-state index < -0.39 is 5.41 Å². The average Bonchev–Trinajstić information content (AvgIpc) is 3.24. The number of nitrogens with zero attached hydrogens (tertiary/aromatic N) is 3. The lowest BCUT2D eigenvalue weighted by molar-refractivity contribution is 0.102. The van der Waals surface area contributed by atoms with Crippen molar-refractivity contribution in [3.05, 3.63) is 64.9 Å². The fourth-order valence-corrected chi connectivity index (χ4v) is 4.85. The Morgan fingerprint density at radius 3 is 2.67 bits per heavy atom. The number of rotatable bonds is 4. The molecule has 2 amide bonds. The summed E-state index contributed by atoms with van der Waals surface area (Å²) in [5, 5.41) is 0.863. The summed E-state index contributed by atoms with van der Waals surface area (Å²) in [6.45, 7) is 11.6. The van der Waals surface area contributed by atoms with Crippen LogP contribution in [0.2, 0.25) is 0 Å². The minimum Gasteiger partial charge on any atom is -0.492 e. The summed E-state index contributed by atoms with van der Waals surface area (Å²) in [5.41, 5.74) is 2.56. The molecule has 0 radical (unpaired) electrons. The highest BCUT2D eigenvalue weighted by molar-refractivity contribution is 6.19. The van der Waals surface area contributed by atoms with E-state index in [-0.39, 0.29) is 11.8 Å². The number of furan rings is 1. The molecule has 0 spiro atoms. The van der Waals surface area contributed by atoms with Gasteiger partial charge in [0.15, 0.2) is 5.78 Å². The Kier molecular flexibility index (Phi) is 5.29. The first-order valence-electron chi connectivity index (χ1n) is 11.2. The van der Waals surface area contributed by atoms with Crippen LogP contribution >= 0.6 is 0 Å². The molecule has 1 aliphatic carbocycles. The third-order valence-electron chi connectivity index (χ3n) is 6.75. The molecule has 1 fully saturated rings. The van der Waals surface area contributed by atoms with Gasteiger partial charge in [0, 0.05) is 49.1 Å². The molecule has 0 atom stereocenters. The van der Waals surface area contributed by atoms with Gasteiger partial charge in [-0.3, -0.25) is 9.69 Å². The van der Waals surface area contributed by atoms with Crippen LogP contribution in [0, 0.1) is 0 Å². The van der Waals surface area contributed by atoms with E-state index >= 15 is 0 Å². The molecule has 1 aliphatic heterocycles. The molecule has 5 rings (SSSR count). The molecule has 2 heterocycles. The number of aliphatic imine (C=N–C) groups is 1. The van der Waals surface area contributed by atoms with Gasteiger partial charge in [-0.2, -0.15) is 0 Å². The van der Waals surface area contributed by atoms with Gasteiger partial charge in [0.2, 0.25) is 0 Å². The highest BCUT2D eigenvalue weighted by atomic mass is 16.5. The average molecular weight is 446 g/mol. The second kappa shape index (κ2) is 8.15. The van der Waals surface area contributed by atoms with E-state index in [1.165, 1.54) is 0 Å². The minimum absolute atomic E-state index is 0.00254. The largest absolute Gasteiger partial charge is 0.492 e. The minimum atomic E-state index is -0.459. The van der Waals surface area contributed by atoms with Crippen LogP contribution in [-0.4, -0.2) is 67.7 Å². The van der Waals surface area contributed by atoms with Gasteiger partial charge < -0.3 is 14.1 Å². The summed E-state index contributed by atoms with van der Waals surface area (Å²) < 4.78 is 12.2. The van der Waals surface area contributed by atoms with E-state index in [9.17, 15) is 9.59 Å². The Balaban J connectivity index is 1.30. The van der Waals surface area contributed by atoms with E-state index in [1.807, 2.05) is 42.5 Å². The standard InChI is InChI=1S/C26H27N3O4/c1-26(2)20-16-17(32-15-14-28-10-12-29(13-11-28)25(31)27-3)8-9-18(20)23(30)22-19-6-4-5-7-21(19)33-24(22)26/h4-9,16H,3,10-15H2,1-2H3. The van der Waals surface area contributed by atoms with Crippen LogP contribution in [0.3, 0.4) is 0 Å². The molecule has 7 heteroatoms. The van der Waals surface area contributed by atoms with Crippen LogP contribution in [0.1, 0.15) is 41.1 Å². The van der Waals surface area contributed by atoms with E-state index in [2.05, 4.69) is 30.5 Å². The van der Waals surface area contributed by atoms with Gasteiger partial charge in [0.05, 0.1) is 5.56 Å². The predicted octanol–water partition coefficient (Wildman–Crippen LogP) is 4.12. The summed E-state index contributed by atoms with van der Waals surface area (Å²) in [5.74, 6) is 1.44. The SMILES string of the molecule is C=NC(=O)N1CCN(CCOc2ccc3c(c2)C(C)(C)c2oc4ccccc4c2C3=O)CC1. The number of ether oxygens (including phenoxy) is 1. The van der Waals surface area contributed by atoms with E-state index in [0.717, 1.165) is 41.9 Å². The third-order valence-corrected chi connectivity index (χ3v) is 6.75. The molecule has 0 bridgehead atoms. The number of carbonyl (C=O) groups excluding carboxylic acids is 2. The first kappa shape index (κ1) is 21.4. The molecule has 7 nitrogen and oxygen atoms in total. The first-order valence-corrected chi connectivity index (χ1v) is 11.2. The van der Waals surface area contributed by atoms with Crippen molar-refractivity contribution in [2.24, 2.45) is 4.99 Å². The lowest BCUT2D eigenvalue weighted by atomic mass is 9.72. The zero-order chi connectivity index (χ0) is 23.2. The summed E-state index contributed by atoms with van der Waals surface area (Å²) >= 11 is 0. The maximum absolute atomic E-state index is 13.4. The number of benzene rings is 2. The topological polar surface area (TPSA) is 75.3 Å². The number of amides is 2. The highest BCUT2D eigenvalue weighted by Gasteiger charge is 2.41. The van der Waals surface area contributed by atoms with Crippen LogP contribution in [0.5, 0.6) is 5.75 Å². The molecule has 0 N–H and O–H groups in total. The van der Waals surface area contributed by atoms with Crippen molar-refractivity contribution in [3.8, 4) is 5.75 Å². The fourth-order valence-electron chi connectivity index (χ4n) is 4.85. The van der Waals surface area contributed by atoms with E-state index in [1.54, 1.807) is 4.90 Å². The molecule has 2 aliphatic rings. The van der Waals surface area contributed by atoms with Crippen molar-refractivity contribution in [1.29, 1.82) is 0 Å². The van der Waals surface area contributed by atoms with Crippen molar-refractivity contribution < 1.29 is 18.7 Å². The molecule has 33 heavy (non-hydrogen) atoms. The highest BCUT2D eigenvalue weighted by Crippen LogP contribution is 2.46. The lowest BCUT2D eigenvalue weighted by Gasteiger charge is -2.33. The maximum Gasteiger partial charge on any atom is 0.342 e. The predicted molar refractivity (Wildman–Crippen MR) is 127 cm³/mol. The number of urea groups is 1. The summed E-state index contributed by atoms with van der Waals surface area (Å²) in [6, 6.07) is 13.1. The van der Waals surface area contributed by atoms with Crippen molar-refractivity contribution in [3.63, 3.8) is 0 Å². The number of para-hydroxylation sites is 1. The molecule has 1 aromatic heterocycles. The lowest BCUT2D eigenvalue weighted by Crippen LogP contribution is -2.48. The Labute approximate surface area is 192 Å². The van der Waals surface area contributed by atoms with Crippen molar-refractivity contribution in [2.45, 2.75) is 19.3 Å². The monoisotopic (exact) mass is 445 g/mol. The number of ketones is 1. The number of fused-ring (bicyclic) bond motifs is 4. The molecular weight excluding hydrogens is 418 g/mol. The van der Waals surface area contributed by atoms with Crippen molar-refractivity contribution in [2.75, 3.05) is 39.3 Å². The number of hydrogen-bond acceptors (Lipinski definition) is 5. The zero-order valence-corrected chi connectivity index (χ0v) is 19.0. The van der Waals surface area contributed by atoms with E-state index in [4.69, 9.17) is 9.15 Å². The molecular formula is C26H27N3O4. The smallest absolute Gasteiger partial charge is 0.342 e. The molecule has 3 aromatic rings. The molecule has 0 saturated carbocycles. The van der Waals surface area contributed by atoms with Crippen LogP contribution in [-0.2, 0) is 5.41 Å². The third kappa shape index (κ3) is 3.62. The van der Waals surface area contributed by atoms with Gasteiger partial charge in [0.1, 0.15) is 23.7 Å². The van der Waals surface area contributed by atoms with Crippen LogP contribution in [0.25, 0.3) is 11.0 Å². The van der Waals surface area contributed by atoms with Crippen LogP contribution < -0.4 is 4.74 Å². The number of piperazine rings is 1. The van der Waals surface area contributed by atoms with Gasteiger partial charge in [-0.05, 0) is 50.4 Å². The van der Waals surface area contributed by atoms with Crippen molar-refractivity contribution in [1.82, 2.24) is 9.80 Å². The van der Waals surface area contributed by atoms with Crippen molar-refractivity contribution >= 4 is 29.5 Å². The normalized spacial score (nSPS) is 17.5. The molecule has 1 saturated heterocycles.